The van der Waals surface area contributed by atoms with Gasteiger partial charge in [0.05, 0.1) is 0 Å². The maximum absolute atomic E-state index is 6.08. The van der Waals surface area contributed by atoms with Gasteiger partial charge < -0.3 is 5.73 Å². The number of hydrogen-bond donors (Lipinski definition) is 1. The summed E-state index contributed by atoms with van der Waals surface area (Å²) in [6, 6.07) is 0.433. The first kappa shape index (κ1) is 9.05. The first-order valence-electron chi connectivity index (χ1n) is 4.88. The van der Waals surface area contributed by atoms with Crippen molar-refractivity contribution in [3.8, 4) is 0 Å². The van der Waals surface area contributed by atoms with Crippen LogP contribution in [-0.2, 0) is 0 Å². The molecule has 1 rings (SSSR count). The normalized spacial score (nSPS) is 32.5. The third-order valence-corrected chi connectivity index (χ3v) is 3.09. The predicted molar refractivity (Wildman–Crippen MR) is 49.5 cm³/mol. The molecule has 0 spiro atoms. The van der Waals surface area contributed by atoms with Crippen molar-refractivity contribution < 1.29 is 0 Å². The highest BCUT2D eigenvalue weighted by molar-refractivity contribution is 4.82. The van der Waals surface area contributed by atoms with Crippen LogP contribution in [0.4, 0.5) is 0 Å². The maximum Gasteiger partial charge on any atom is 0.00902 e. The van der Waals surface area contributed by atoms with Gasteiger partial charge in [-0.1, -0.05) is 39.5 Å². The van der Waals surface area contributed by atoms with E-state index in [1.807, 2.05) is 0 Å². The van der Waals surface area contributed by atoms with Crippen LogP contribution >= 0.6 is 0 Å². The molecule has 0 bridgehead atoms. The predicted octanol–water partition coefficient (Wildman–Crippen LogP) is 2.69. The summed E-state index contributed by atoms with van der Waals surface area (Å²) in [5, 5.41) is 0. The van der Waals surface area contributed by atoms with Crippen molar-refractivity contribution in [2.24, 2.45) is 11.1 Å². The molecule has 2 N–H and O–H groups in total. The highest BCUT2D eigenvalue weighted by atomic mass is 14.7. The Morgan fingerprint density at radius 3 is 2.45 bits per heavy atom. The van der Waals surface area contributed by atoms with Crippen molar-refractivity contribution in [1.29, 1.82) is 0 Å². The summed E-state index contributed by atoms with van der Waals surface area (Å²) in [4.78, 5) is 0. The lowest BCUT2D eigenvalue weighted by Crippen LogP contribution is -2.37. The molecule has 0 aromatic rings. The van der Waals surface area contributed by atoms with Gasteiger partial charge in [-0.15, -0.1) is 0 Å². The van der Waals surface area contributed by atoms with Gasteiger partial charge >= 0.3 is 0 Å². The van der Waals surface area contributed by atoms with E-state index >= 15 is 0 Å². The molecule has 1 nitrogen and oxygen atoms in total. The lowest BCUT2D eigenvalue weighted by Gasteiger charge is -2.33. The minimum absolute atomic E-state index is 0.389. The van der Waals surface area contributed by atoms with Crippen molar-refractivity contribution in [2.45, 2.75) is 58.4 Å². The average Bonchev–Trinajstić information content (AvgIpc) is 1.93. The Balaban J connectivity index is 2.47. The van der Waals surface area contributed by atoms with Crippen LogP contribution in [0.5, 0.6) is 0 Å². The highest BCUT2D eigenvalue weighted by Crippen LogP contribution is 2.31. The highest BCUT2D eigenvalue weighted by Gasteiger charge is 2.26. The molecule has 0 aromatic heterocycles. The SMILES string of the molecule is CC1(C)CCCCCCC1N. The molecule has 0 aliphatic heterocycles. The van der Waals surface area contributed by atoms with Crippen molar-refractivity contribution in [3.05, 3.63) is 0 Å². The van der Waals surface area contributed by atoms with E-state index in [2.05, 4.69) is 13.8 Å². The van der Waals surface area contributed by atoms with Gasteiger partial charge in [-0.3, -0.25) is 0 Å². The van der Waals surface area contributed by atoms with Crippen LogP contribution in [0.1, 0.15) is 52.4 Å². The minimum Gasteiger partial charge on any atom is -0.327 e. The standard InChI is InChI=1S/C10H21N/c1-10(2)8-6-4-3-5-7-9(10)11/h9H,3-8,11H2,1-2H3. The Bertz CT molecular complexity index is 118. The fourth-order valence-corrected chi connectivity index (χ4v) is 1.87. The zero-order valence-corrected chi connectivity index (χ0v) is 7.90. The van der Waals surface area contributed by atoms with Crippen molar-refractivity contribution in [3.63, 3.8) is 0 Å². The lowest BCUT2D eigenvalue weighted by molar-refractivity contribution is 0.224. The van der Waals surface area contributed by atoms with E-state index in [9.17, 15) is 0 Å². The zero-order valence-electron chi connectivity index (χ0n) is 7.90. The summed E-state index contributed by atoms with van der Waals surface area (Å²) in [5.74, 6) is 0. The van der Waals surface area contributed by atoms with Gasteiger partial charge in [0.15, 0.2) is 0 Å². The van der Waals surface area contributed by atoms with Crippen molar-refractivity contribution in [2.75, 3.05) is 0 Å². The molecule has 0 heterocycles. The first-order chi connectivity index (χ1) is 5.13. The van der Waals surface area contributed by atoms with Gasteiger partial charge in [0.2, 0.25) is 0 Å². The Labute approximate surface area is 70.4 Å². The Kier molecular flexibility index (Phi) is 2.94. The second kappa shape index (κ2) is 3.57. The fraction of sp³-hybridized carbons (Fsp3) is 1.00. The molecule has 0 saturated heterocycles. The van der Waals surface area contributed by atoms with Gasteiger partial charge in [-0.2, -0.15) is 0 Å². The van der Waals surface area contributed by atoms with Crippen LogP contribution in [0, 0.1) is 5.41 Å². The molecule has 1 unspecified atom stereocenters. The summed E-state index contributed by atoms with van der Waals surface area (Å²) in [7, 11) is 0. The molecule has 0 radical (unpaired) electrons. The number of nitrogens with two attached hydrogens (primary N) is 1. The van der Waals surface area contributed by atoms with Crippen LogP contribution in [0.15, 0.2) is 0 Å². The third kappa shape index (κ3) is 2.48. The van der Waals surface area contributed by atoms with E-state index < -0.39 is 0 Å². The third-order valence-electron chi connectivity index (χ3n) is 3.09. The molecule has 0 amide bonds. The van der Waals surface area contributed by atoms with Crippen LogP contribution in [0.3, 0.4) is 0 Å². The number of rotatable bonds is 0. The molecule has 66 valence electrons. The van der Waals surface area contributed by atoms with Gasteiger partial charge in [0.1, 0.15) is 0 Å². The van der Waals surface area contributed by atoms with Crippen molar-refractivity contribution >= 4 is 0 Å². The second-order valence-corrected chi connectivity index (χ2v) is 4.55. The van der Waals surface area contributed by atoms with E-state index in [0.29, 0.717) is 11.5 Å². The summed E-state index contributed by atoms with van der Waals surface area (Å²) in [5.41, 5.74) is 6.47. The van der Waals surface area contributed by atoms with E-state index in [0.717, 1.165) is 0 Å². The smallest absolute Gasteiger partial charge is 0.00902 e. The van der Waals surface area contributed by atoms with Crippen LogP contribution in [0.25, 0.3) is 0 Å². The molecule has 1 aliphatic carbocycles. The summed E-state index contributed by atoms with van der Waals surface area (Å²) in [6.07, 6.45) is 8.06. The summed E-state index contributed by atoms with van der Waals surface area (Å²) in [6.45, 7) is 4.62. The minimum atomic E-state index is 0.389. The molecular formula is C10H21N. The summed E-state index contributed by atoms with van der Waals surface area (Å²) < 4.78 is 0. The molecule has 1 fully saturated rings. The monoisotopic (exact) mass is 155 g/mol. The van der Waals surface area contributed by atoms with E-state index in [1.165, 1.54) is 38.5 Å². The van der Waals surface area contributed by atoms with Gasteiger partial charge in [0, 0.05) is 6.04 Å². The van der Waals surface area contributed by atoms with Gasteiger partial charge in [-0.05, 0) is 18.3 Å². The molecule has 0 aromatic carbocycles. The van der Waals surface area contributed by atoms with Gasteiger partial charge in [0.25, 0.3) is 0 Å². The molecule has 1 heteroatoms. The molecule has 1 saturated carbocycles. The second-order valence-electron chi connectivity index (χ2n) is 4.55. The van der Waals surface area contributed by atoms with Crippen molar-refractivity contribution in [1.82, 2.24) is 0 Å². The zero-order chi connectivity index (χ0) is 8.32. The Morgan fingerprint density at radius 2 is 1.73 bits per heavy atom. The largest absolute Gasteiger partial charge is 0.327 e. The maximum atomic E-state index is 6.08. The molecule has 11 heavy (non-hydrogen) atoms. The van der Waals surface area contributed by atoms with Gasteiger partial charge in [-0.25, -0.2) is 0 Å². The van der Waals surface area contributed by atoms with Crippen LogP contribution in [-0.4, -0.2) is 6.04 Å². The topological polar surface area (TPSA) is 26.0 Å². The van der Waals surface area contributed by atoms with E-state index in [1.54, 1.807) is 0 Å². The van der Waals surface area contributed by atoms with Crippen LogP contribution in [0.2, 0.25) is 0 Å². The fourth-order valence-electron chi connectivity index (χ4n) is 1.87. The Hall–Kier alpha value is -0.0400. The molecule has 1 aliphatic rings. The lowest BCUT2D eigenvalue weighted by atomic mass is 9.76. The quantitative estimate of drug-likeness (QED) is 0.572. The first-order valence-corrected chi connectivity index (χ1v) is 4.88. The van der Waals surface area contributed by atoms with Crippen LogP contribution < -0.4 is 5.73 Å². The number of hydrogen-bond acceptors (Lipinski definition) is 1. The average molecular weight is 155 g/mol. The molecule has 1 atom stereocenters. The van der Waals surface area contributed by atoms with E-state index in [-0.39, 0.29) is 0 Å². The molecular weight excluding hydrogens is 134 g/mol. The summed E-state index contributed by atoms with van der Waals surface area (Å²) >= 11 is 0. The van der Waals surface area contributed by atoms with E-state index in [4.69, 9.17) is 5.73 Å². The Morgan fingerprint density at radius 1 is 1.09 bits per heavy atom.